The first-order chi connectivity index (χ1) is 10.2. The zero-order valence-electron chi connectivity index (χ0n) is 13.4. The van der Waals surface area contributed by atoms with E-state index in [1.807, 2.05) is 0 Å². The smallest absolute Gasteiger partial charge is 0.147 e. The second-order valence-corrected chi connectivity index (χ2v) is 6.08. The molecule has 0 radical (unpaired) electrons. The highest BCUT2D eigenvalue weighted by atomic mass is 16.5. The van der Waals surface area contributed by atoms with Gasteiger partial charge in [0.25, 0.3) is 0 Å². The largest absolute Gasteiger partial charge is 0.368 e. The van der Waals surface area contributed by atoms with Gasteiger partial charge in [-0.15, -0.1) is 0 Å². The number of nitrogens with zero attached hydrogens (tertiary/aromatic N) is 2. The molecule has 112 valence electrons. The molecule has 1 heterocycles. The van der Waals surface area contributed by atoms with Gasteiger partial charge < -0.3 is 9.42 Å². The number of hydrogen-bond acceptors (Lipinski definition) is 3. The minimum atomic E-state index is 0.366. The van der Waals surface area contributed by atoms with Gasteiger partial charge in [0.05, 0.1) is 0 Å². The van der Waals surface area contributed by atoms with Crippen LogP contribution in [-0.2, 0) is 0 Å². The van der Waals surface area contributed by atoms with Crippen molar-refractivity contribution >= 4 is 5.69 Å². The second kappa shape index (κ2) is 5.55. The Kier molecular flexibility index (Phi) is 3.75. The Labute approximate surface area is 126 Å². The van der Waals surface area contributed by atoms with Crippen molar-refractivity contribution in [2.45, 2.75) is 46.0 Å². The van der Waals surface area contributed by atoms with E-state index in [1.54, 1.807) is 6.26 Å². The number of anilines is 1. The Bertz CT molecular complexity index is 628. The monoisotopic (exact) mass is 284 g/mol. The van der Waals surface area contributed by atoms with E-state index in [1.165, 1.54) is 16.7 Å². The molecule has 0 aliphatic heterocycles. The predicted octanol–water partition coefficient (Wildman–Crippen LogP) is 4.47. The van der Waals surface area contributed by atoms with E-state index in [-0.39, 0.29) is 0 Å². The zero-order valence-corrected chi connectivity index (χ0v) is 13.4. The van der Waals surface area contributed by atoms with Crippen molar-refractivity contribution in [3.8, 4) is 0 Å². The maximum absolute atomic E-state index is 5.33. The summed E-state index contributed by atoms with van der Waals surface area (Å²) in [7, 11) is 0. The van der Waals surface area contributed by atoms with Gasteiger partial charge >= 0.3 is 0 Å². The van der Waals surface area contributed by atoms with Gasteiger partial charge in [-0.25, -0.2) is 0 Å². The summed E-state index contributed by atoms with van der Waals surface area (Å²) in [5, 5.41) is 4.35. The van der Waals surface area contributed by atoms with Crippen LogP contribution >= 0.6 is 0 Å². The number of aromatic nitrogens is 1. The summed E-state index contributed by atoms with van der Waals surface area (Å²) in [6.45, 7) is 10.8. The van der Waals surface area contributed by atoms with Gasteiger partial charge in [0, 0.05) is 19.0 Å². The third-order valence-electron chi connectivity index (χ3n) is 4.75. The number of hydrogen-bond donors (Lipinski definition) is 0. The van der Waals surface area contributed by atoms with Crippen LogP contribution in [0.4, 0.5) is 5.69 Å². The first-order valence-corrected chi connectivity index (χ1v) is 7.95. The number of aryl methyl sites for hydroxylation is 1. The molecule has 1 aromatic heterocycles. The Morgan fingerprint density at radius 3 is 2.71 bits per heavy atom. The van der Waals surface area contributed by atoms with Crippen molar-refractivity contribution in [1.82, 2.24) is 5.16 Å². The SMILES string of the molecule is CCN(CC)c1conc1C1CC(C)c2cc(C)ccc21. The molecule has 1 aromatic carbocycles. The predicted molar refractivity (Wildman–Crippen MR) is 86.1 cm³/mol. The van der Waals surface area contributed by atoms with Crippen molar-refractivity contribution in [2.24, 2.45) is 0 Å². The molecule has 3 rings (SSSR count). The van der Waals surface area contributed by atoms with Crippen molar-refractivity contribution < 1.29 is 4.52 Å². The Balaban J connectivity index is 2.03. The van der Waals surface area contributed by atoms with Crippen molar-refractivity contribution in [3.63, 3.8) is 0 Å². The molecule has 3 nitrogen and oxygen atoms in total. The van der Waals surface area contributed by atoms with Crippen LogP contribution in [0.2, 0.25) is 0 Å². The highest BCUT2D eigenvalue weighted by molar-refractivity contribution is 5.55. The van der Waals surface area contributed by atoms with Crippen LogP contribution in [0.5, 0.6) is 0 Å². The van der Waals surface area contributed by atoms with E-state index < -0.39 is 0 Å². The van der Waals surface area contributed by atoms with Crippen molar-refractivity contribution in [2.75, 3.05) is 18.0 Å². The Morgan fingerprint density at radius 2 is 2.00 bits per heavy atom. The van der Waals surface area contributed by atoms with Crippen LogP contribution in [0.15, 0.2) is 29.0 Å². The molecule has 2 unspecified atom stereocenters. The van der Waals surface area contributed by atoms with Gasteiger partial charge in [-0.3, -0.25) is 0 Å². The summed E-state index contributed by atoms with van der Waals surface area (Å²) < 4.78 is 5.33. The summed E-state index contributed by atoms with van der Waals surface area (Å²) in [5.41, 5.74) is 6.51. The van der Waals surface area contributed by atoms with E-state index in [0.717, 1.165) is 30.9 Å². The van der Waals surface area contributed by atoms with E-state index in [4.69, 9.17) is 4.52 Å². The maximum atomic E-state index is 5.33. The minimum Gasteiger partial charge on any atom is -0.368 e. The highest BCUT2D eigenvalue weighted by Crippen LogP contribution is 2.47. The lowest BCUT2D eigenvalue weighted by Crippen LogP contribution is -2.23. The number of benzene rings is 1. The highest BCUT2D eigenvalue weighted by Gasteiger charge is 2.33. The summed E-state index contributed by atoms with van der Waals surface area (Å²) in [6.07, 6.45) is 2.93. The average Bonchev–Trinajstić information content (AvgIpc) is 3.06. The normalized spacial score (nSPS) is 20.6. The standard InChI is InChI=1S/C18H24N2O/c1-5-20(6-2)17-11-21-19-18(17)16-10-13(4)15-9-12(3)7-8-14(15)16/h7-9,11,13,16H,5-6,10H2,1-4H3. The van der Waals surface area contributed by atoms with Crippen LogP contribution in [0, 0.1) is 6.92 Å². The molecule has 2 atom stereocenters. The molecule has 0 amide bonds. The molecule has 1 aliphatic carbocycles. The average molecular weight is 284 g/mol. The molecule has 0 N–H and O–H groups in total. The molecule has 0 saturated carbocycles. The van der Waals surface area contributed by atoms with Gasteiger partial charge in [0.1, 0.15) is 17.6 Å². The number of fused-ring (bicyclic) bond motifs is 1. The fourth-order valence-corrected chi connectivity index (χ4v) is 3.59. The third-order valence-corrected chi connectivity index (χ3v) is 4.75. The lowest BCUT2D eigenvalue weighted by molar-refractivity contribution is 0.407. The summed E-state index contributed by atoms with van der Waals surface area (Å²) in [6, 6.07) is 6.82. The summed E-state index contributed by atoms with van der Waals surface area (Å²) >= 11 is 0. The quantitative estimate of drug-likeness (QED) is 0.829. The number of rotatable bonds is 4. The second-order valence-electron chi connectivity index (χ2n) is 6.08. The molecule has 1 aliphatic rings. The van der Waals surface area contributed by atoms with Crippen molar-refractivity contribution in [3.05, 3.63) is 46.8 Å². The van der Waals surface area contributed by atoms with Crippen LogP contribution in [-0.4, -0.2) is 18.2 Å². The zero-order chi connectivity index (χ0) is 15.0. The first kappa shape index (κ1) is 14.2. The summed E-state index contributed by atoms with van der Waals surface area (Å²) in [4.78, 5) is 2.32. The lowest BCUT2D eigenvalue weighted by atomic mass is 9.96. The van der Waals surface area contributed by atoms with Crippen LogP contribution < -0.4 is 4.90 Å². The van der Waals surface area contributed by atoms with Crippen LogP contribution in [0.1, 0.15) is 61.4 Å². The molecule has 0 saturated heterocycles. The fourth-order valence-electron chi connectivity index (χ4n) is 3.59. The van der Waals surface area contributed by atoms with E-state index in [0.29, 0.717) is 11.8 Å². The molecule has 0 fully saturated rings. The summed E-state index contributed by atoms with van der Waals surface area (Å²) in [5.74, 6) is 0.955. The van der Waals surface area contributed by atoms with E-state index >= 15 is 0 Å². The maximum Gasteiger partial charge on any atom is 0.147 e. The molecule has 0 spiro atoms. The first-order valence-electron chi connectivity index (χ1n) is 7.95. The van der Waals surface area contributed by atoms with E-state index in [2.05, 4.69) is 56.0 Å². The molecule has 0 bridgehead atoms. The topological polar surface area (TPSA) is 29.3 Å². The third kappa shape index (κ3) is 2.35. The molecule has 3 heteroatoms. The van der Waals surface area contributed by atoms with Crippen LogP contribution in [0.25, 0.3) is 0 Å². The van der Waals surface area contributed by atoms with Crippen molar-refractivity contribution in [1.29, 1.82) is 0 Å². The molecule has 21 heavy (non-hydrogen) atoms. The van der Waals surface area contributed by atoms with Gasteiger partial charge in [-0.05, 0) is 44.2 Å². The van der Waals surface area contributed by atoms with Crippen LogP contribution in [0.3, 0.4) is 0 Å². The molecule has 2 aromatic rings. The van der Waals surface area contributed by atoms with Gasteiger partial charge in [-0.1, -0.05) is 35.8 Å². The van der Waals surface area contributed by atoms with Gasteiger partial charge in [-0.2, -0.15) is 0 Å². The lowest BCUT2D eigenvalue weighted by Gasteiger charge is -2.21. The minimum absolute atomic E-state index is 0.366. The molecular formula is C18H24N2O. The van der Waals surface area contributed by atoms with E-state index in [9.17, 15) is 0 Å². The fraction of sp³-hybridized carbons (Fsp3) is 0.500. The molecular weight excluding hydrogens is 260 g/mol. The van der Waals surface area contributed by atoms with Gasteiger partial charge in [0.2, 0.25) is 0 Å². The van der Waals surface area contributed by atoms with Gasteiger partial charge in [0.15, 0.2) is 0 Å². The Morgan fingerprint density at radius 1 is 1.24 bits per heavy atom. The Hall–Kier alpha value is -1.77.